The molecule has 0 N–H and O–H groups in total. The lowest BCUT2D eigenvalue weighted by Crippen LogP contribution is -2.27. The van der Waals surface area contributed by atoms with Gasteiger partial charge in [0.2, 0.25) is 5.95 Å². The summed E-state index contributed by atoms with van der Waals surface area (Å²) >= 11 is 0. The SMILES string of the molecule is Cc1ccc2nc(N3CCS(=O)(=O)c4ccccc4C3)ncc2c1. The average Bonchev–Trinajstić information content (AvgIpc) is 2.71. The summed E-state index contributed by atoms with van der Waals surface area (Å²) in [6, 6.07) is 13.2. The van der Waals surface area contributed by atoms with Gasteiger partial charge in [-0.25, -0.2) is 18.4 Å². The van der Waals surface area contributed by atoms with Crippen LogP contribution in [0.25, 0.3) is 10.9 Å². The van der Waals surface area contributed by atoms with Gasteiger partial charge in [0.05, 0.1) is 16.2 Å². The van der Waals surface area contributed by atoms with Gasteiger partial charge in [0.25, 0.3) is 0 Å². The van der Waals surface area contributed by atoms with Crippen LogP contribution < -0.4 is 4.90 Å². The Hall–Kier alpha value is -2.47. The van der Waals surface area contributed by atoms with E-state index in [1.165, 1.54) is 0 Å². The predicted octanol–water partition coefficient (Wildman–Crippen LogP) is 2.73. The predicted molar refractivity (Wildman–Crippen MR) is 93.8 cm³/mol. The molecular weight excluding hydrogens is 322 g/mol. The molecular formula is C18H17N3O2S. The highest BCUT2D eigenvalue weighted by molar-refractivity contribution is 7.91. The van der Waals surface area contributed by atoms with E-state index < -0.39 is 9.84 Å². The number of rotatable bonds is 1. The molecule has 2 aromatic carbocycles. The van der Waals surface area contributed by atoms with E-state index in [1.54, 1.807) is 18.3 Å². The molecule has 5 nitrogen and oxygen atoms in total. The van der Waals surface area contributed by atoms with Crippen LogP contribution in [-0.4, -0.2) is 30.7 Å². The van der Waals surface area contributed by atoms with Gasteiger partial charge in [-0.05, 0) is 30.7 Å². The monoisotopic (exact) mass is 339 g/mol. The Kier molecular flexibility index (Phi) is 3.49. The van der Waals surface area contributed by atoms with E-state index in [0.717, 1.165) is 22.0 Å². The van der Waals surface area contributed by atoms with Gasteiger partial charge in [0, 0.05) is 24.7 Å². The van der Waals surface area contributed by atoms with Crippen molar-refractivity contribution in [3.63, 3.8) is 0 Å². The summed E-state index contributed by atoms with van der Waals surface area (Å²) in [6.07, 6.45) is 1.80. The Labute approximate surface area is 140 Å². The largest absolute Gasteiger partial charge is 0.335 e. The molecule has 122 valence electrons. The van der Waals surface area contributed by atoms with Crippen LogP contribution in [0.5, 0.6) is 0 Å². The lowest BCUT2D eigenvalue weighted by atomic mass is 10.2. The molecule has 1 aliphatic heterocycles. The Morgan fingerprint density at radius 3 is 2.83 bits per heavy atom. The second kappa shape index (κ2) is 5.56. The van der Waals surface area contributed by atoms with Gasteiger partial charge in [-0.2, -0.15) is 0 Å². The van der Waals surface area contributed by atoms with Crippen LogP contribution in [0.4, 0.5) is 5.95 Å². The first-order valence-electron chi connectivity index (χ1n) is 7.82. The van der Waals surface area contributed by atoms with Crippen molar-refractivity contribution < 1.29 is 8.42 Å². The number of hydrogen-bond acceptors (Lipinski definition) is 5. The summed E-state index contributed by atoms with van der Waals surface area (Å²) in [5.41, 5.74) is 2.82. The van der Waals surface area contributed by atoms with Crippen LogP contribution >= 0.6 is 0 Å². The minimum absolute atomic E-state index is 0.0688. The second-order valence-electron chi connectivity index (χ2n) is 6.08. The van der Waals surface area contributed by atoms with Crippen molar-refractivity contribution >= 4 is 26.7 Å². The fraction of sp³-hybridized carbons (Fsp3) is 0.222. The van der Waals surface area contributed by atoms with Crippen molar-refractivity contribution in [3.05, 3.63) is 59.8 Å². The summed E-state index contributed by atoms with van der Waals surface area (Å²) in [5.74, 6) is 0.637. The smallest absolute Gasteiger partial charge is 0.226 e. The molecule has 3 aromatic rings. The van der Waals surface area contributed by atoms with Crippen LogP contribution in [-0.2, 0) is 16.4 Å². The lowest BCUT2D eigenvalue weighted by Gasteiger charge is -2.20. The van der Waals surface area contributed by atoms with E-state index in [4.69, 9.17) is 0 Å². The molecule has 0 atom stereocenters. The Balaban J connectivity index is 1.77. The van der Waals surface area contributed by atoms with E-state index in [1.807, 2.05) is 42.2 Å². The number of aryl methyl sites for hydroxylation is 1. The van der Waals surface area contributed by atoms with Crippen molar-refractivity contribution in [2.45, 2.75) is 18.4 Å². The van der Waals surface area contributed by atoms with Gasteiger partial charge in [-0.1, -0.05) is 29.8 Å². The minimum atomic E-state index is -3.26. The third kappa shape index (κ3) is 2.63. The zero-order chi connectivity index (χ0) is 16.7. The van der Waals surface area contributed by atoms with Gasteiger partial charge in [0.15, 0.2) is 9.84 Å². The standard InChI is InChI=1S/C18H17N3O2S/c1-13-6-7-16-15(10-13)11-19-18(20-16)21-8-9-24(22,23)17-5-3-2-4-14(17)12-21/h2-7,10-11H,8-9,12H2,1H3. The highest BCUT2D eigenvalue weighted by Crippen LogP contribution is 2.25. The summed E-state index contributed by atoms with van der Waals surface area (Å²) in [4.78, 5) is 11.4. The number of fused-ring (bicyclic) bond motifs is 2. The molecule has 0 aliphatic carbocycles. The van der Waals surface area contributed by atoms with Gasteiger partial charge in [0.1, 0.15) is 0 Å². The molecule has 4 rings (SSSR count). The number of anilines is 1. The zero-order valence-electron chi connectivity index (χ0n) is 13.3. The van der Waals surface area contributed by atoms with Crippen LogP contribution in [0.15, 0.2) is 53.6 Å². The number of benzene rings is 2. The molecule has 0 unspecified atom stereocenters. The zero-order valence-corrected chi connectivity index (χ0v) is 14.1. The van der Waals surface area contributed by atoms with E-state index in [0.29, 0.717) is 23.9 Å². The highest BCUT2D eigenvalue weighted by atomic mass is 32.2. The molecule has 0 fully saturated rings. The molecule has 6 heteroatoms. The molecule has 24 heavy (non-hydrogen) atoms. The maximum absolute atomic E-state index is 12.5. The molecule has 1 aliphatic rings. The van der Waals surface area contributed by atoms with Crippen LogP contribution in [0, 0.1) is 6.92 Å². The van der Waals surface area contributed by atoms with Crippen LogP contribution in [0.1, 0.15) is 11.1 Å². The molecule has 0 bridgehead atoms. The third-order valence-corrected chi connectivity index (χ3v) is 6.09. The van der Waals surface area contributed by atoms with Gasteiger partial charge < -0.3 is 4.90 Å². The van der Waals surface area contributed by atoms with Crippen molar-refractivity contribution in [1.29, 1.82) is 0 Å². The Bertz CT molecular complexity index is 1030. The van der Waals surface area contributed by atoms with Crippen molar-refractivity contribution in [2.24, 2.45) is 0 Å². The lowest BCUT2D eigenvalue weighted by molar-refractivity contribution is 0.596. The molecule has 1 aromatic heterocycles. The van der Waals surface area contributed by atoms with Crippen LogP contribution in [0.2, 0.25) is 0 Å². The van der Waals surface area contributed by atoms with Gasteiger partial charge >= 0.3 is 0 Å². The number of hydrogen-bond donors (Lipinski definition) is 0. The molecule has 0 saturated heterocycles. The number of sulfone groups is 1. The third-order valence-electron chi connectivity index (χ3n) is 4.30. The number of nitrogens with zero attached hydrogens (tertiary/aromatic N) is 3. The Morgan fingerprint density at radius 2 is 1.96 bits per heavy atom. The normalized spacial score (nSPS) is 16.6. The van der Waals surface area contributed by atoms with Crippen LogP contribution in [0.3, 0.4) is 0 Å². The quantitative estimate of drug-likeness (QED) is 0.682. The topological polar surface area (TPSA) is 63.2 Å². The highest BCUT2D eigenvalue weighted by Gasteiger charge is 2.26. The fourth-order valence-corrected chi connectivity index (χ4v) is 4.53. The summed E-state index contributed by atoms with van der Waals surface area (Å²) in [6.45, 7) is 2.91. The van der Waals surface area contributed by atoms with Crippen molar-refractivity contribution in [3.8, 4) is 0 Å². The van der Waals surface area contributed by atoms with E-state index in [9.17, 15) is 8.42 Å². The second-order valence-corrected chi connectivity index (χ2v) is 8.16. The molecule has 2 heterocycles. The summed E-state index contributed by atoms with van der Waals surface area (Å²) in [7, 11) is -3.26. The molecule has 0 saturated carbocycles. The molecule has 0 radical (unpaired) electrons. The van der Waals surface area contributed by atoms with E-state index in [-0.39, 0.29) is 5.75 Å². The summed E-state index contributed by atoms with van der Waals surface area (Å²) in [5, 5.41) is 0.988. The molecule has 0 spiro atoms. The van der Waals surface area contributed by atoms with Crippen molar-refractivity contribution in [2.75, 3.05) is 17.2 Å². The first-order chi connectivity index (χ1) is 11.5. The van der Waals surface area contributed by atoms with Gasteiger partial charge in [-0.3, -0.25) is 0 Å². The van der Waals surface area contributed by atoms with E-state index >= 15 is 0 Å². The number of aromatic nitrogens is 2. The van der Waals surface area contributed by atoms with Gasteiger partial charge in [-0.15, -0.1) is 0 Å². The Morgan fingerprint density at radius 1 is 1.12 bits per heavy atom. The van der Waals surface area contributed by atoms with Crippen molar-refractivity contribution in [1.82, 2.24) is 9.97 Å². The first-order valence-corrected chi connectivity index (χ1v) is 9.47. The average molecular weight is 339 g/mol. The first kappa shape index (κ1) is 15.1. The maximum Gasteiger partial charge on any atom is 0.226 e. The summed E-state index contributed by atoms with van der Waals surface area (Å²) < 4.78 is 24.9. The molecule has 0 amide bonds. The maximum atomic E-state index is 12.5. The van der Waals surface area contributed by atoms with E-state index in [2.05, 4.69) is 9.97 Å². The fourth-order valence-electron chi connectivity index (χ4n) is 3.03. The minimum Gasteiger partial charge on any atom is -0.335 e.